The first-order valence-electron chi connectivity index (χ1n) is 6.70. The number of aliphatic hydroxyl groups is 1. The summed E-state index contributed by atoms with van der Waals surface area (Å²) >= 11 is 0. The number of nitrogens with two attached hydrogens (primary N) is 1. The van der Waals surface area contributed by atoms with Gasteiger partial charge in [0.15, 0.2) is 0 Å². The van der Waals surface area contributed by atoms with Crippen LogP contribution in [0.5, 0.6) is 0 Å². The van der Waals surface area contributed by atoms with E-state index in [1.807, 2.05) is 0 Å². The minimum Gasteiger partial charge on any atom is -0.388 e. The van der Waals surface area contributed by atoms with Gasteiger partial charge in [-0.1, -0.05) is 0 Å². The van der Waals surface area contributed by atoms with E-state index in [2.05, 4.69) is 0 Å². The lowest BCUT2D eigenvalue weighted by Gasteiger charge is -2.38. The van der Waals surface area contributed by atoms with Gasteiger partial charge < -0.3 is 20.5 Å². The molecular formula is C13H24N2O3. The minimum absolute atomic E-state index is 0.0649. The molecule has 1 atom stereocenters. The summed E-state index contributed by atoms with van der Waals surface area (Å²) in [6.45, 7) is 3.26. The van der Waals surface area contributed by atoms with Crippen molar-refractivity contribution in [2.75, 3.05) is 26.8 Å². The molecule has 1 saturated heterocycles. The second-order valence-electron chi connectivity index (χ2n) is 6.05. The van der Waals surface area contributed by atoms with Gasteiger partial charge in [0.2, 0.25) is 5.91 Å². The molecule has 0 spiro atoms. The number of nitrogens with zero attached hydrogens (tertiary/aromatic N) is 1. The van der Waals surface area contributed by atoms with Crippen LogP contribution in [0.1, 0.15) is 32.6 Å². The molecule has 1 unspecified atom stereocenters. The van der Waals surface area contributed by atoms with E-state index in [1.165, 1.54) is 0 Å². The zero-order valence-electron chi connectivity index (χ0n) is 11.3. The molecule has 0 aromatic carbocycles. The van der Waals surface area contributed by atoms with Gasteiger partial charge >= 0.3 is 0 Å². The molecule has 18 heavy (non-hydrogen) atoms. The van der Waals surface area contributed by atoms with Crippen LogP contribution in [-0.2, 0) is 9.53 Å². The Kier molecular flexibility index (Phi) is 3.67. The highest BCUT2D eigenvalue weighted by Gasteiger charge is 2.46. The summed E-state index contributed by atoms with van der Waals surface area (Å²) in [6.07, 6.45) is 3.22. The van der Waals surface area contributed by atoms with Gasteiger partial charge in [0.05, 0.1) is 11.1 Å². The molecule has 0 bridgehead atoms. The first-order valence-corrected chi connectivity index (χ1v) is 6.70. The number of rotatable bonds is 4. The van der Waals surface area contributed by atoms with Crippen molar-refractivity contribution in [2.24, 2.45) is 11.7 Å². The summed E-state index contributed by atoms with van der Waals surface area (Å²) in [5.41, 5.74) is 4.52. The number of hydrogen-bond acceptors (Lipinski definition) is 4. The number of amides is 1. The summed E-state index contributed by atoms with van der Waals surface area (Å²) in [4.78, 5) is 13.9. The fourth-order valence-electron chi connectivity index (χ4n) is 2.69. The Morgan fingerprint density at radius 3 is 2.56 bits per heavy atom. The van der Waals surface area contributed by atoms with Crippen LogP contribution in [0.4, 0.5) is 0 Å². The van der Waals surface area contributed by atoms with Gasteiger partial charge in [0.1, 0.15) is 0 Å². The molecule has 1 saturated carbocycles. The molecule has 2 fully saturated rings. The van der Waals surface area contributed by atoms with Gasteiger partial charge in [-0.15, -0.1) is 0 Å². The second-order valence-corrected chi connectivity index (χ2v) is 6.05. The first-order chi connectivity index (χ1) is 8.35. The summed E-state index contributed by atoms with van der Waals surface area (Å²) in [7, 11) is 1.73. The van der Waals surface area contributed by atoms with Crippen LogP contribution in [0.2, 0.25) is 0 Å². The number of hydrogen-bond donors (Lipinski definition) is 2. The molecule has 5 heteroatoms. The molecule has 0 aromatic heterocycles. The van der Waals surface area contributed by atoms with E-state index in [-0.39, 0.29) is 5.91 Å². The molecule has 2 aliphatic rings. The quantitative estimate of drug-likeness (QED) is 0.749. The van der Waals surface area contributed by atoms with Crippen LogP contribution in [0.3, 0.4) is 0 Å². The van der Waals surface area contributed by atoms with Crippen LogP contribution >= 0.6 is 0 Å². The lowest BCUT2D eigenvalue weighted by atomic mass is 9.91. The second kappa shape index (κ2) is 4.79. The molecule has 5 nitrogen and oxygen atoms in total. The highest BCUT2D eigenvalue weighted by Crippen LogP contribution is 2.39. The molecule has 104 valence electrons. The van der Waals surface area contributed by atoms with Crippen LogP contribution in [0.15, 0.2) is 0 Å². The lowest BCUT2D eigenvalue weighted by molar-refractivity contribution is -0.142. The SMILES string of the molecule is CN(CC1(O)CCOCC1)C(=O)C(C)(N)C1CC1. The molecular weight excluding hydrogens is 232 g/mol. The van der Waals surface area contributed by atoms with E-state index < -0.39 is 11.1 Å². The zero-order valence-corrected chi connectivity index (χ0v) is 11.3. The lowest BCUT2D eigenvalue weighted by Crippen LogP contribution is -2.57. The first kappa shape index (κ1) is 13.8. The zero-order chi connectivity index (χ0) is 13.4. The average molecular weight is 256 g/mol. The van der Waals surface area contributed by atoms with Crippen molar-refractivity contribution in [3.05, 3.63) is 0 Å². The van der Waals surface area contributed by atoms with E-state index in [0.29, 0.717) is 38.5 Å². The van der Waals surface area contributed by atoms with Gasteiger partial charge in [0.25, 0.3) is 0 Å². The summed E-state index contributed by atoms with van der Waals surface area (Å²) in [5.74, 6) is 0.238. The summed E-state index contributed by atoms with van der Waals surface area (Å²) < 4.78 is 5.23. The molecule has 1 aliphatic carbocycles. The largest absolute Gasteiger partial charge is 0.388 e. The van der Waals surface area contributed by atoms with Crippen molar-refractivity contribution in [3.63, 3.8) is 0 Å². The highest BCUT2D eigenvalue weighted by atomic mass is 16.5. The molecule has 0 radical (unpaired) electrons. The number of ether oxygens (including phenoxy) is 1. The van der Waals surface area contributed by atoms with Gasteiger partial charge in [-0.05, 0) is 25.7 Å². The maximum absolute atomic E-state index is 12.3. The Morgan fingerprint density at radius 2 is 2.06 bits per heavy atom. The normalized spacial score (nSPS) is 26.4. The standard InChI is InChI=1S/C13H24N2O3/c1-12(14,10-3-4-10)11(16)15(2)9-13(17)5-7-18-8-6-13/h10,17H,3-9,14H2,1-2H3. The van der Waals surface area contributed by atoms with Crippen molar-refractivity contribution in [3.8, 4) is 0 Å². The van der Waals surface area contributed by atoms with E-state index in [0.717, 1.165) is 12.8 Å². The fourth-order valence-corrected chi connectivity index (χ4v) is 2.69. The highest BCUT2D eigenvalue weighted by molar-refractivity contribution is 5.86. The molecule has 0 aromatic rings. The Labute approximate surface area is 108 Å². The Morgan fingerprint density at radius 1 is 1.50 bits per heavy atom. The topological polar surface area (TPSA) is 75.8 Å². The Hall–Kier alpha value is -0.650. The third-order valence-corrected chi connectivity index (χ3v) is 4.19. The van der Waals surface area contributed by atoms with Crippen LogP contribution in [-0.4, -0.2) is 53.9 Å². The van der Waals surface area contributed by atoms with Crippen molar-refractivity contribution in [1.29, 1.82) is 0 Å². The smallest absolute Gasteiger partial charge is 0.242 e. The van der Waals surface area contributed by atoms with Crippen molar-refractivity contribution >= 4 is 5.91 Å². The summed E-state index contributed by atoms with van der Waals surface area (Å²) in [6, 6.07) is 0. The minimum atomic E-state index is -0.817. The van der Waals surface area contributed by atoms with Crippen molar-refractivity contribution < 1.29 is 14.6 Å². The fraction of sp³-hybridized carbons (Fsp3) is 0.923. The Balaban J connectivity index is 1.94. The van der Waals surface area contributed by atoms with Gasteiger partial charge in [0, 0.05) is 39.6 Å². The van der Waals surface area contributed by atoms with Crippen molar-refractivity contribution in [1.82, 2.24) is 4.90 Å². The predicted octanol–water partition coefficient (Wildman–Crippen LogP) is 0.114. The average Bonchev–Trinajstić information content (AvgIpc) is 3.12. The maximum Gasteiger partial charge on any atom is 0.242 e. The molecule has 1 heterocycles. The van der Waals surface area contributed by atoms with E-state index >= 15 is 0 Å². The van der Waals surface area contributed by atoms with E-state index in [4.69, 9.17) is 10.5 Å². The maximum atomic E-state index is 12.3. The van der Waals surface area contributed by atoms with Crippen LogP contribution in [0.25, 0.3) is 0 Å². The van der Waals surface area contributed by atoms with E-state index in [1.54, 1.807) is 18.9 Å². The van der Waals surface area contributed by atoms with Crippen LogP contribution < -0.4 is 5.73 Å². The molecule has 1 aliphatic heterocycles. The monoisotopic (exact) mass is 256 g/mol. The number of likely N-dealkylation sites (N-methyl/N-ethyl adjacent to an activating group) is 1. The molecule has 1 amide bonds. The summed E-state index contributed by atoms with van der Waals surface area (Å²) in [5, 5.41) is 10.4. The number of carbonyl (C=O) groups excluding carboxylic acids is 1. The van der Waals surface area contributed by atoms with Crippen molar-refractivity contribution in [2.45, 2.75) is 43.7 Å². The number of carbonyl (C=O) groups is 1. The van der Waals surface area contributed by atoms with Gasteiger partial charge in [-0.3, -0.25) is 4.79 Å². The van der Waals surface area contributed by atoms with Crippen LogP contribution in [0, 0.1) is 5.92 Å². The van der Waals surface area contributed by atoms with Gasteiger partial charge in [-0.2, -0.15) is 0 Å². The Bertz CT molecular complexity index is 320. The predicted molar refractivity (Wildman–Crippen MR) is 68.0 cm³/mol. The molecule has 2 rings (SSSR count). The third kappa shape index (κ3) is 2.84. The van der Waals surface area contributed by atoms with Gasteiger partial charge in [-0.25, -0.2) is 0 Å². The van der Waals surface area contributed by atoms with E-state index in [9.17, 15) is 9.90 Å². The third-order valence-electron chi connectivity index (χ3n) is 4.19. The molecule has 3 N–H and O–H groups in total.